The van der Waals surface area contributed by atoms with Gasteiger partial charge >= 0.3 is 12.1 Å². The highest BCUT2D eigenvalue weighted by molar-refractivity contribution is 7.99. The van der Waals surface area contributed by atoms with Gasteiger partial charge in [-0.25, -0.2) is 19.8 Å². The second-order valence-corrected chi connectivity index (χ2v) is 13.6. The highest BCUT2D eigenvalue weighted by Gasteiger charge is 2.36. The van der Waals surface area contributed by atoms with Crippen LogP contribution in [0, 0.1) is 0 Å². The Morgan fingerprint density at radius 1 is 0.926 bits per heavy atom. The number of furan rings is 1. The zero-order valence-corrected chi connectivity index (χ0v) is 30.4. The van der Waals surface area contributed by atoms with E-state index in [2.05, 4.69) is 9.97 Å². The van der Waals surface area contributed by atoms with E-state index < -0.39 is 29.4 Å². The summed E-state index contributed by atoms with van der Waals surface area (Å²) >= 11 is 1.90. The van der Waals surface area contributed by atoms with Crippen molar-refractivity contribution >= 4 is 40.8 Å². The van der Waals surface area contributed by atoms with E-state index in [1.54, 1.807) is 67.6 Å². The molecule has 0 spiro atoms. The summed E-state index contributed by atoms with van der Waals surface area (Å²) in [5.74, 6) is 0.444. The number of halogens is 3. The number of benzene rings is 3. The van der Waals surface area contributed by atoms with E-state index in [-0.39, 0.29) is 38.4 Å². The second kappa shape index (κ2) is 15.2. The molecule has 0 saturated carbocycles. The molecule has 3 aromatic heterocycles. The number of esters is 1. The van der Waals surface area contributed by atoms with Crippen molar-refractivity contribution in [1.29, 1.82) is 0 Å². The van der Waals surface area contributed by atoms with Gasteiger partial charge in [0.15, 0.2) is 26.5 Å². The van der Waals surface area contributed by atoms with Crippen molar-refractivity contribution in [3.8, 4) is 22.8 Å². The molecule has 54 heavy (non-hydrogen) atoms. The maximum Gasteiger partial charge on any atom is 0.433 e. The maximum atomic E-state index is 14.3. The average Bonchev–Trinajstić information content (AvgIpc) is 3.76. The third kappa shape index (κ3) is 7.32. The molecule has 0 radical (unpaired) electrons. The minimum Gasteiger partial charge on any atom is -0.493 e. The second-order valence-electron chi connectivity index (χ2n) is 11.6. The Hall–Kier alpha value is -5.93. The lowest BCUT2D eigenvalue weighted by Gasteiger charge is -2.26. The number of hydrogen-bond donors (Lipinski definition) is 0. The molecule has 1 atom stereocenters. The van der Waals surface area contributed by atoms with Gasteiger partial charge in [0.1, 0.15) is 11.5 Å². The standard InChI is InChI=1S/C39H29F3N4O6S2/c1-4-51-36(48)32-33(23-13-9-6-10-14-23)45-38-46(34(32)24-15-17-27(49-2)28(19-24)50-3)35(47)29(53-38)20-25-16-18-31(52-25)54-37-43-26(22-11-7-5-8-12-22)21-30(44-37)39(40,41)42/h5-21,34H,4H2,1-3H3/b29-20+/t34-/m1/s1. The number of thiazole rings is 1. The molecule has 7 rings (SSSR count). The molecule has 0 unspecified atom stereocenters. The Balaban J connectivity index is 1.33. The quantitative estimate of drug-likeness (QED) is 0.106. The van der Waals surface area contributed by atoms with E-state index in [9.17, 15) is 22.8 Å². The number of methoxy groups -OCH3 is 2. The molecule has 274 valence electrons. The van der Waals surface area contributed by atoms with Crippen LogP contribution in [0.15, 0.2) is 127 Å². The summed E-state index contributed by atoms with van der Waals surface area (Å²) in [5, 5.41) is 0.0327. The number of ether oxygens (including phenoxy) is 3. The van der Waals surface area contributed by atoms with Gasteiger partial charge in [-0.1, -0.05) is 78.1 Å². The number of fused-ring (bicyclic) bond motifs is 1. The van der Waals surface area contributed by atoms with E-state index in [1.165, 1.54) is 24.9 Å². The fraction of sp³-hybridized carbons (Fsp3) is 0.154. The molecule has 0 N–H and O–H groups in total. The fourth-order valence-corrected chi connectivity index (χ4v) is 7.56. The Morgan fingerprint density at radius 2 is 1.63 bits per heavy atom. The molecule has 10 nitrogen and oxygen atoms in total. The lowest BCUT2D eigenvalue weighted by atomic mass is 9.93. The third-order valence-corrected chi connectivity index (χ3v) is 10.00. The predicted molar refractivity (Wildman–Crippen MR) is 196 cm³/mol. The minimum absolute atomic E-state index is 0.0887. The van der Waals surface area contributed by atoms with Crippen molar-refractivity contribution in [2.24, 2.45) is 4.99 Å². The number of alkyl halides is 3. The number of rotatable bonds is 10. The van der Waals surface area contributed by atoms with Gasteiger partial charge in [-0.2, -0.15) is 13.2 Å². The molecule has 3 aromatic carbocycles. The number of carbonyl (C=O) groups excluding carboxylic acids is 1. The van der Waals surface area contributed by atoms with Crippen molar-refractivity contribution < 1.29 is 36.6 Å². The van der Waals surface area contributed by atoms with Gasteiger partial charge in [0, 0.05) is 17.2 Å². The zero-order valence-electron chi connectivity index (χ0n) is 28.8. The molecule has 0 saturated heterocycles. The van der Waals surface area contributed by atoms with E-state index in [1.807, 2.05) is 30.3 Å². The van der Waals surface area contributed by atoms with Crippen LogP contribution in [0.5, 0.6) is 11.5 Å². The molecule has 4 heterocycles. The van der Waals surface area contributed by atoms with E-state index in [4.69, 9.17) is 23.6 Å². The molecular formula is C39H29F3N4O6S2. The van der Waals surface area contributed by atoms with Gasteiger partial charge in [-0.05, 0) is 54.6 Å². The molecule has 0 amide bonds. The number of aromatic nitrogens is 3. The first kappa shape index (κ1) is 36.4. The zero-order chi connectivity index (χ0) is 38.0. The van der Waals surface area contributed by atoms with Crippen LogP contribution in [0.4, 0.5) is 13.2 Å². The lowest BCUT2D eigenvalue weighted by molar-refractivity contribution is -0.141. The van der Waals surface area contributed by atoms with Crippen LogP contribution in [0.25, 0.3) is 23.0 Å². The Morgan fingerprint density at radius 3 is 2.30 bits per heavy atom. The van der Waals surface area contributed by atoms with Crippen molar-refractivity contribution in [3.05, 3.63) is 145 Å². The smallest absolute Gasteiger partial charge is 0.433 e. The van der Waals surface area contributed by atoms with Crippen LogP contribution in [0.3, 0.4) is 0 Å². The van der Waals surface area contributed by atoms with Crippen LogP contribution in [-0.4, -0.2) is 41.3 Å². The van der Waals surface area contributed by atoms with Crippen LogP contribution in [0.2, 0.25) is 0 Å². The first-order chi connectivity index (χ1) is 26.1. The topological polar surface area (TPSA) is 118 Å². The molecule has 0 bridgehead atoms. The van der Waals surface area contributed by atoms with Crippen LogP contribution in [0.1, 0.15) is 35.5 Å². The molecule has 6 aromatic rings. The Kier molecular flexibility index (Phi) is 10.3. The molecule has 15 heteroatoms. The normalized spacial score (nSPS) is 14.4. The number of hydrogen-bond acceptors (Lipinski definition) is 11. The largest absolute Gasteiger partial charge is 0.493 e. The summed E-state index contributed by atoms with van der Waals surface area (Å²) in [6.07, 6.45) is -3.19. The Labute approximate surface area is 313 Å². The Bertz CT molecular complexity index is 2570. The van der Waals surface area contributed by atoms with Crippen LogP contribution < -0.4 is 24.4 Å². The predicted octanol–water partition coefficient (Wildman–Crippen LogP) is 7.17. The lowest BCUT2D eigenvalue weighted by Crippen LogP contribution is -2.40. The maximum absolute atomic E-state index is 14.3. The monoisotopic (exact) mass is 770 g/mol. The van der Waals surface area contributed by atoms with Gasteiger partial charge in [0.25, 0.3) is 5.56 Å². The van der Waals surface area contributed by atoms with Crippen molar-refractivity contribution in [2.75, 3.05) is 20.8 Å². The van der Waals surface area contributed by atoms with Gasteiger partial charge in [0.05, 0.1) is 48.4 Å². The summed E-state index contributed by atoms with van der Waals surface area (Å²) < 4.78 is 65.6. The van der Waals surface area contributed by atoms with E-state index in [0.29, 0.717) is 38.7 Å². The number of carbonyl (C=O) groups is 1. The highest BCUT2D eigenvalue weighted by Crippen LogP contribution is 2.39. The van der Waals surface area contributed by atoms with Crippen molar-refractivity contribution in [3.63, 3.8) is 0 Å². The van der Waals surface area contributed by atoms with Crippen molar-refractivity contribution in [2.45, 2.75) is 29.4 Å². The van der Waals surface area contributed by atoms with Gasteiger partial charge in [-0.3, -0.25) is 9.36 Å². The van der Waals surface area contributed by atoms with Gasteiger partial charge in [0.2, 0.25) is 0 Å². The number of nitrogens with zero attached hydrogens (tertiary/aromatic N) is 4. The van der Waals surface area contributed by atoms with Gasteiger partial charge < -0.3 is 18.6 Å². The highest BCUT2D eigenvalue weighted by atomic mass is 32.2. The average molecular weight is 771 g/mol. The van der Waals surface area contributed by atoms with Crippen LogP contribution >= 0.6 is 23.1 Å². The van der Waals surface area contributed by atoms with Crippen molar-refractivity contribution in [1.82, 2.24) is 14.5 Å². The molecule has 1 aliphatic heterocycles. The van der Waals surface area contributed by atoms with Gasteiger partial charge in [-0.15, -0.1) is 0 Å². The molecule has 0 aliphatic carbocycles. The molecular weight excluding hydrogens is 742 g/mol. The summed E-state index contributed by atoms with van der Waals surface area (Å²) in [5.41, 5.74) is 0.726. The molecule has 0 fully saturated rings. The first-order valence-electron chi connectivity index (χ1n) is 16.4. The summed E-state index contributed by atoms with van der Waals surface area (Å²) in [6.45, 7) is 1.78. The molecule has 1 aliphatic rings. The summed E-state index contributed by atoms with van der Waals surface area (Å²) in [4.78, 5) is 41.4. The van der Waals surface area contributed by atoms with Crippen LogP contribution in [-0.2, 0) is 15.7 Å². The summed E-state index contributed by atoms with van der Waals surface area (Å²) in [6, 6.07) is 25.8. The SMILES string of the molecule is CCOC(=O)C1=C(c2ccccc2)N=c2s/c(=C/c3ccc(Sc4nc(-c5ccccc5)cc(C(F)(F)F)n4)o3)c(=O)n2[C@@H]1c1ccc(OC)c(OC)c1. The van der Waals surface area contributed by atoms with E-state index in [0.717, 1.165) is 29.2 Å². The summed E-state index contributed by atoms with van der Waals surface area (Å²) in [7, 11) is 2.99. The minimum atomic E-state index is -4.70. The fourth-order valence-electron chi connectivity index (χ4n) is 5.84. The van der Waals surface area contributed by atoms with E-state index >= 15 is 0 Å². The third-order valence-electron chi connectivity index (χ3n) is 8.23. The first-order valence-corrected chi connectivity index (χ1v) is 18.0.